The molecule has 3 aromatic carbocycles. The molecule has 6 nitrogen and oxygen atoms in total. The second kappa shape index (κ2) is 11.1. The first kappa shape index (κ1) is 23.0. The van der Waals surface area contributed by atoms with E-state index < -0.39 is 0 Å². The molecular weight excluding hydrogens is 422 g/mol. The molecule has 0 saturated heterocycles. The summed E-state index contributed by atoms with van der Waals surface area (Å²) < 4.78 is 5.50. The topological polar surface area (TPSA) is 70.7 Å². The molecule has 0 fully saturated rings. The second-order valence-corrected chi connectivity index (χ2v) is 7.21. The van der Waals surface area contributed by atoms with Crippen molar-refractivity contribution in [1.29, 1.82) is 0 Å². The van der Waals surface area contributed by atoms with Crippen LogP contribution in [0.4, 0.5) is 11.4 Å². The number of amides is 2. The van der Waals surface area contributed by atoms with Crippen molar-refractivity contribution in [2.24, 2.45) is 0 Å². The quantitative estimate of drug-likeness (QED) is 0.505. The van der Waals surface area contributed by atoms with Crippen LogP contribution in [0.1, 0.15) is 34.6 Å². The summed E-state index contributed by atoms with van der Waals surface area (Å²) in [5.74, 6) is -0.00794. The molecule has 2 amide bonds. The van der Waals surface area contributed by atoms with Crippen LogP contribution in [-0.4, -0.2) is 30.1 Å². The molecule has 32 heavy (non-hydrogen) atoms. The maximum absolute atomic E-state index is 13.1. The highest BCUT2D eigenvalue weighted by Crippen LogP contribution is 2.20. The number of rotatable bonds is 7. The SMILES string of the molecule is CCOc1ccccc1C(=O)NC(=S)Nc1cccc(C(=O)N(CC)c2ccccc2)c1. The third kappa shape index (κ3) is 5.70. The summed E-state index contributed by atoms with van der Waals surface area (Å²) in [6, 6.07) is 23.5. The first-order valence-corrected chi connectivity index (χ1v) is 10.8. The zero-order valence-corrected chi connectivity index (χ0v) is 18.8. The fourth-order valence-electron chi connectivity index (χ4n) is 3.21. The molecule has 0 aliphatic heterocycles. The predicted molar refractivity (Wildman–Crippen MR) is 132 cm³/mol. The molecule has 0 bridgehead atoms. The van der Waals surface area contributed by atoms with E-state index in [1.54, 1.807) is 53.4 Å². The summed E-state index contributed by atoms with van der Waals surface area (Å²) in [6.45, 7) is 4.77. The largest absolute Gasteiger partial charge is 0.493 e. The monoisotopic (exact) mass is 447 g/mol. The van der Waals surface area contributed by atoms with Gasteiger partial charge in [0.2, 0.25) is 0 Å². The van der Waals surface area contributed by atoms with Gasteiger partial charge in [-0.05, 0) is 68.5 Å². The van der Waals surface area contributed by atoms with E-state index in [4.69, 9.17) is 17.0 Å². The van der Waals surface area contributed by atoms with E-state index in [2.05, 4.69) is 10.6 Å². The Bertz CT molecular complexity index is 1100. The van der Waals surface area contributed by atoms with Gasteiger partial charge in [-0.2, -0.15) is 0 Å². The lowest BCUT2D eigenvalue weighted by atomic mass is 10.1. The Morgan fingerprint density at radius 1 is 0.938 bits per heavy atom. The van der Waals surface area contributed by atoms with Crippen LogP contribution in [0.15, 0.2) is 78.9 Å². The third-order valence-electron chi connectivity index (χ3n) is 4.66. The molecule has 0 spiro atoms. The zero-order valence-electron chi connectivity index (χ0n) is 18.0. The van der Waals surface area contributed by atoms with Crippen LogP contribution in [-0.2, 0) is 0 Å². The average Bonchev–Trinajstić information content (AvgIpc) is 2.81. The highest BCUT2D eigenvalue weighted by molar-refractivity contribution is 7.80. The Kier molecular flexibility index (Phi) is 7.94. The van der Waals surface area contributed by atoms with Crippen LogP contribution in [0.5, 0.6) is 5.75 Å². The number of hydrogen-bond acceptors (Lipinski definition) is 4. The fraction of sp³-hybridized carbons (Fsp3) is 0.160. The van der Waals surface area contributed by atoms with Crippen LogP contribution in [0.2, 0.25) is 0 Å². The van der Waals surface area contributed by atoms with Gasteiger partial charge in [0, 0.05) is 23.5 Å². The zero-order chi connectivity index (χ0) is 22.9. The summed E-state index contributed by atoms with van der Waals surface area (Å²) >= 11 is 5.30. The van der Waals surface area contributed by atoms with E-state index in [9.17, 15) is 9.59 Å². The van der Waals surface area contributed by atoms with E-state index in [1.165, 1.54) is 0 Å². The van der Waals surface area contributed by atoms with Gasteiger partial charge in [0.25, 0.3) is 11.8 Å². The lowest BCUT2D eigenvalue weighted by Crippen LogP contribution is -2.34. The predicted octanol–water partition coefficient (Wildman–Crippen LogP) is 4.88. The standard InChI is InChI=1S/C25H25N3O3S/c1-3-28(20-13-6-5-7-14-20)24(30)18-11-10-12-19(17-18)26-25(32)27-23(29)21-15-8-9-16-22(21)31-4-2/h5-17H,3-4H2,1-2H3,(H2,26,27,29,32). The van der Waals surface area contributed by atoms with Gasteiger partial charge in [-0.3, -0.25) is 14.9 Å². The summed E-state index contributed by atoms with van der Waals surface area (Å²) in [4.78, 5) is 27.4. The van der Waals surface area contributed by atoms with Gasteiger partial charge < -0.3 is 15.0 Å². The number of thiocarbonyl (C=S) groups is 1. The van der Waals surface area contributed by atoms with E-state index >= 15 is 0 Å². The summed E-state index contributed by atoms with van der Waals surface area (Å²) in [5, 5.41) is 5.76. The van der Waals surface area contributed by atoms with E-state index in [0.717, 1.165) is 5.69 Å². The minimum absolute atomic E-state index is 0.122. The molecule has 0 atom stereocenters. The smallest absolute Gasteiger partial charge is 0.261 e. The fourth-order valence-corrected chi connectivity index (χ4v) is 3.42. The molecule has 164 valence electrons. The van der Waals surface area contributed by atoms with Gasteiger partial charge in [0.05, 0.1) is 12.2 Å². The molecule has 0 aliphatic carbocycles. The lowest BCUT2D eigenvalue weighted by Gasteiger charge is -2.21. The van der Waals surface area contributed by atoms with Gasteiger partial charge in [-0.25, -0.2) is 0 Å². The van der Waals surface area contributed by atoms with E-state index in [1.807, 2.05) is 44.2 Å². The van der Waals surface area contributed by atoms with Crippen molar-refractivity contribution in [3.05, 3.63) is 90.0 Å². The molecule has 0 saturated carbocycles. The van der Waals surface area contributed by atoms with Gasteiger partial charge >= 0.3 is 0 Å². The molecule has 7 heteroatoms. The molecule has 0 aliphatic rings. The van der Waals surface area contributed by atoms with E-state index in [-0.39, 0.29) is 16.9 Å². The van der Waals surface area contributed by atoms with Gasteiger partial charge in [-0.1, -0.05) is 36.4 Å². The molecule has 0 aromatic heterocycles. The highest BCUT2D eigenvalue weighted by atomic mass is 32.1. The number of nitrogens with one attached hydrogen (secondary N) is 2. The number of carbonyl (C=O) groups excluding carboxylic acids is 2. The molecule has 0 heterocycles. The van der Waals surface area contributed by atoms with Crippen molar-refractivity contribution in [3.63, 3.8) is 0 Å². The number of anilines is 2. The molecule has 3 aromatic rings. The number of ether oxygens (including phenoxy) is 1. The van der Waals surface area contributed by atoms with Gasteiger partial charge in [0.1, 0.15) is 5.75 Å². The Morgan fingerprint density at radius 3 is 2.38 bits per heavy atom. The Labute approximate surface area is 193 Å². The number of hydrogen-bond donors (Lipinski definition) is 2. The van der Waals surface area contributed by atoms with Crippen molar-refractivity contribution in [3.8, 4) is 5.75 Å². The van der Waals surface area contributed by atoms with Crippen LogP contribution in [0, 0.1) is 0 Å². The first-order chi connectivity index (χ1) is 15.5. The van der Waals surface area contributed by atoms with Crippen LogP contribution < -0.4 is 20.3 Å². The maximum Gasteiger partial charge on any atom is 0.261 e. The number of para-hydroxylation sites is 2. The van der Waals surface area contributed by atoms with Crippen LogP contribution in [0.3, 0.4) is 0 Å². The van der Waals surface area contributed by atoms with Crippen molar-refractivity contribution < 1.29 is 14.3 Å². The summed E-state index contributed by atoms with van der Waals surface area (Å²) in [7, 11) is 0. The van der Waals surface area contributed by atoms with Gasteiger partial charge in [0.15, 0.2) is 5.11 Å². The Balaban J connectivity index is 1.70. The molecule has 0 radical (unpaired) electrons. The van der Waals surface area contributed by atoms with Crippen LogP contribution in [0.25, 0.3) is 0 Å². The van der Waals surface area contributed by atoms with Crippen molar-refractivity contribution in [1.82, 2.24) is 5.32 Å². The maximum atomic E-state index is 13.1. The average molecular weight is 448 g/mol. The molecule has 3 rings (SSSR count). The second-order valence-electron chi connectivity index (χ2n) is 6.80. The third-order valence-corrected chi connectivity index (χ3v) is 4.86. The van der Waals surface area contributed by atoms with Crippen molar-refractivity contribution >= 4 is 40.5 Å². The highest BCUT2D eigenvalue weighted by Gasteiger charge is 2.17. The Hall–Kier alpha value is -3.71. The number of nitrogens with zero attached hydrogens (tertiary/aromatic N) is 1. The summed E-state index contributed by atoms with van der Waals surface area (Å²) in [5.41, 5.74) is 2.33. The minimum Gasteiger partial charge on any atom is -0.493 e. The normalized spacial score (nSPS) is 10.2. The first-order valence-electron chi connectivity index (χ1n) is 10.3. The lowest BCUT2D eigenvalue weighted by molar-refractivity contribution is 0.0970. The molecular formula is C25H25N3O3S. The van der Waals surface area contributed by atoms with E-state index in [0.29, 0.717) is 35.7 Å². The van der Waals surface area contributed by atoms with Crippen molar-refractivity contribution in [2.45, 2.75) is 13.8 Å². The summed E-state index contributed by atoms with van der Waals surface area (Å²) in [6.07, 6.45) is 0. The number of benzene rings is 3. The number of carbonyl (C=O) groups is 2. The molecule has 2 N–H and O–H groups in total. The Morgan fingerprint density at radius 2 is 1.66 bits per heavy atom. The molecule has 0 unspecified atom stereocenters. The minimum atomic E-state index is -0.375. The van der Waals surface area contributed by atoms with Gasteiger partial charge in [-0.15, -0.1) is 0 Å². The van der Waals surface area contributed by atoms with Crippen molar-refractivity contribution in [2.75, 3.05) is 23.4 Å². The van der Waals surface area contributed by atoms with Crippen LogP contribution >= 0.6 is 12.2 Å².